The van der Waals surface area contributed by atoms with Gasteiger partial charge in [0, 0.05) is 33.1 Å². The van der Waals surface area contributed by atoms with E-state index in [4.69, 9.17) is 9.98 Å². The van der Waals surface area contributed by atoms with Crippen molar-refractivity contribution in [3.63, 3.8) is 0 Å². The zero-order valence-corrected chi connectivity index (χ0v) is 29.1. The number of para-hydroxylation sites is 1. The zero-order valence-electron chi connectivity index (χ0n) is 29.1. The molecule has 0 atom stereocenters. The van der Waals surface area contributed by atoms with E-state index in [2.05, 4.69) is 134 Å². The molecular weight excluding hydrogens is 619 g/mol. The second-order valence-electron chi connectivity index (χ2n) is 14.0. The van der Waals surface area contributed by atoms with Crippen LogP contribution < -0.4 is 0 Å². The number of hydrogen-bond acceptors (Lipinski definition) is 1. The van der Waals surface area contributed by atoms with Crippen molar-refractivity contribution in [2.24, 2.45) is 9.98 Å². The van der Waals surface area contributed by atoms with E-state index in [0.717, 1.165) is 28.1 Å². The molecule has 0 bridgehead atoms. The van der Waals surface area contributed by atoms with Crippen LogP contribution in [0.1, 0.15) is 48.6 Å². The monoisotopic (exact) mass is 655 g/mol. The predicted octanol–water partition coefficient (Wildman–Crippen LogP) is 12.2. The van der Waals surface area contributed by atoms with Gasteiger partial charge in [-0.15, -0.1) is 0 Å². The fourth-order valence-corrected chi connectivity index (χ4v) is 8.00. The van der Waals surface area contributed by atoms with E-state index in [1.807, 2.05) is 55.5 Å². The van der Waals surface area contributed by atoms with Gasteiger partial charge < -0.3 is 4.57 Å². The molecule has 0 radical (unpaired) electrons. The summed E-state index contributed by atoms with van der Waals surface area (Å²) < 4.78 is 2.41. The highest BCUT2D eigenvalue weighted by atomic mass is 15.0. The Morgan fingerprint density at radius 3 is 2.00 bits per heavy atom. The number of aliphatic imine (C=N–C) groups is 2. The van der Waals surface area contributed by atoms with Gasteiger partial charge in [-0.1, -0.05) is 148 Å². The largest absolute Gasteiger partial charge is 0.309 e. The van der Waals surface area contributed by atoms with Crippen LogP contribution in [-0.4, -0.2) is 16.1 Å². The molecule has 7 aromatic carbocycles. The topological polar surface area (TPSA) is 29.6 Å². The highest BCUT2D eigenvalue weighted by Gasteiger charge is 2.37. The lowest BCUT2D eigenvalue weighted by Gasteiger charge is -2.23. The van der Waals surface area contributed by atoms with Crippen molar-refractivity contribution in [1.82, 2.24) is 4.57 Å². The molecule has 244 valence electrons. The normalized spacial score (nSPS) is 13.9. The van der Waals surface area contributed by atoms with Crippen LogP contribution in [0.2, 0.25) is 0 Å². The van der Waals surface area contributed by atoms with Gasteiger partial charge in [0.2, 0.25) is 0 Å². The first kappa shape index (κ1) is 30.7. The van der Waals surface area contributed by atoms with Gasteiger partial charge in [-0.25, -0.2) is 9.98 Å². The molecule has 1 heterocycles. The molecule has 0 saturated carbocycles. The molecule has 0 spiro atoms. The summed E-state index contributed by atoms with van der Waals surface area (Å²) in [6.45, 7) is 11.1. The Morgan fingerprint density at radius 2 is 1.22 bits per heavy atom. The Balaban J connectivity index is 1.24. The molecule has 0 N–H and O–H groups in total. The molecule has 3 heteroatoms. The predicted molar refractivity (Wildman–Crippen MR) is 217 cm³/mol. The van der Waals surface area contributed by atoms with Crippen molar-refractivity contribution in [3.8, 4) is 16.8 Å². The van der Waals surface area contributed by atoms with E-state index in [1.54, 1.807) is 0 Å². The highest BCUT2D eigenvalue weighted by Crippen LogP contribution is 2.53. The van der Waals surface area contributed by atoms with Crippen LogP contribution in [0.4, 0.5) is 0 Å². The minimum absolute atomic E-state index is 0.163. The molecule has 0 fully saturated rings. The molecule has 0 aliphatic heterocycles. The van der Waals surface area contributed by atoms with Gasteiger partial charge in [0.1, 0.15) is 0 Å². The van der Waals surface area contributed by atoms with Gasteiger partial charge in [-0.05, 0) is 81.4 Å². The van der Waals surface area contributed by atoms with Crippen LogP contribution in [0.25, 0.3) is 55.1 Å². The number of amidine groups is 1. The average Bonchev–Trinajstić information content (AvgIpc) is 3.62. The fourth-order valence-electron chi connectivity index (χ4n) is 8.00. The van der Waals surface area contributed by atoms with Crippen molar-refractivity contribution in [2.45, 2.75) is 26.2 Å². The van der Waals surface area contributed by atoms with E-state index in [1.165, 1.54) is 54.8 Å². The minimum Gasteiger partial charge on any atom is -0.309 e. The van der Waals surface area contributed by atoms with Gasteiger partial charge in [0.15, 0.2) is 5.84 Å². The molecule has 1 aliphatic rings. The molecule has 9 rings (SSSR count). The van der Waals surface area contributed by atoms with Crippen LogP contribution in [0, 0.1) is 0 Å². The van der Waals surface area contributed by atoms with Crippen LogP contribution in [-0.2, 0) is 5.41 Å². The average molecular weight is 656 g/mol. The Kier molecular flexibility index (Phi) is 7.18. The van der Waals surface area contributed by atoms with Crippen LogP contribution >= 0.6 is 0 Å². The maximum absolute atomic E-state index is 5.14. The van der Waals surface area contributed by atoms with Crippen molar-refractivity contribution in [3.05, 3.63) is 192 Å². The van der Waals surface area contributed by atoms with E-state index in [0.29, 0.717) is 11.5 Å². The Bertz CT molecular complexity index is 2730. The van der Waals surface area contributed by atoms with E-state index >= 15 is 0 Å². The van der Waals surface area contributed by atoms with Crippen molar-refractivity contribution < 1.29 is 0 Å². The van der Waals surface area contributed by atoms with E-state index in [-0.39, 0.29) is 5.41 Å². The SMILES string of the molecule is C=C(N=C(N=C(C)c1ccccc1)c1cccc(-n2c3ccccc3c3cc4c(cc32)C(C)(C)c2c-4ccc3ccccc23)c1)c1ccccc1. The first-order chi connectivity index (χ1) is 24.9. The number of benzene rings is 7. The molecule has 1 aromatic heterocycles. The lowest BCUT2D eigenvalue weighted by atomic mass is 9.80. The van der Waals surface area contributed by atoms with Gasteiger partial charge in [-0.2, -0.15) is 0 Å². The molecular formula is C48H37N3. The maximum atomic E-state index is 5.14. The van der Waals surface area contributed by atoms with Crippen molar-refractivity contribution in [2.75, 3.05) is 0 Å². The molecule has 3 nitrogen and oxygen atoms in total. The minimum atomic E-state index is -0.163. The smallest absolute Gasteiger partial charge is 0.160 e. The summed E-state index contributed by atoms with van der Waals surface area (Å²) in [6, 6.07) is 55.9. The third kappa shape index (κ3) is 5.04. The summed E-state index contributed by atoms with van der Waals surface area (Å²) in [6.07, 6.45) is 0. The Hall–Kier alpha value is -6.32. The van der Waals surface area contributed by atoms with Crippen molar-refractivity contribution >= 4 is 49.8 Å². The molecule has 51 heavy (non-hydrogen) atoms. The second kappa shape index (κ2) is 11.9. The van der Waals surface area contributed by atoms with Gasteiger partial charge >= 0.3 is 0 Å². The molecule has 0 amide bonds. The quantitative estimate of drug-likeness (QED) is 0.130. The van der Waals surface area contributed by atoms with E-state index in [9.17, 15) is 0 Å². The first-order valence-corrected chi connectivity index (χ1v) is 17.5. The third-order valence-corrected chi connectivity index (χ3v) is 10.5. The standard InChI is InChI=1S/C48H37N3/c1-31(33-16-7-5-8-17-33)49-47(50-32(2)34-18-9-6-10-19-34)36-21-15-22-37(28-36)51-44-25-14-13-24-39(44)42-29-41-40-27-26-35-20-11-12-23-38(35)46(40)48(3,4)43(41)30-45(42)51/h5-30H,1H2,2-4H3. The summed E-state index contributed by atoms with van der Waals surface area (Å²) in [5.41, 5.74) is 13.2. The summed E-state index contributed by atoms with van der Waals surface area (Å²) in [5.74, 6) is 0.622. The summed E-state index contributed by atoms with van der Waals surface area (Å²) in [5, 5.41) is 5.09. The number of nitrogens with zero attached hydrogens (tertiary/aromatic N) is 3. The van der Waals surface area contributed by atoms with Gasteiger partial charge in [0.05, 0.1) is 16.7 Å². The third-order valence-electron chi connectivity index (χ3n) is 10.5. The Morgan fingerprint density at radius 1 is 0.549 bits per heavy atom. The molecule has 0 unspecified atom stereocenters. The molecule has 1 aliphatic carbocycles. The summed E-state index contributed by atoms with van der Waals surface area (Å²) >= 11 is 0. The lowest BCUT2D eigenvalue weighted by Crippen LogP contribution is -2.15. The Labute approximate surface area is 298 Å². The first-order valence-electron chi connectivity index (χ1n) is 17.5. The maximum Gasteiger partial charge on any atom is 0.160 e. The zero-order chi connectivity index (χ0) is 34.7. The fraction of sp³-hybridized carbons (Fsp3) is 0.0833. The highest BCUT2D eigenvalue weighted by molar-refractivity contribution is 6.14. The van der Waals surface area contributed by atoms with Crippen molar-refractivity contribution in [1.29, 1.82) is 0 Å². The summed E-state index contributed by atoms with van der Waals surface area (Å²) in [7, 11) is 0. The van der Waals surface area contributed by atoms with Gasteiger partial charge in [-0.3, -0.25) is 0 Å². The number of rotatable bonds is 5. The summed E-state index contributed by atoms with van der Waals surface area (Å²) in [4.78, 5) is 10.2. The number of aromatic nitrogens is 1. The van der Waals surface area contributed by atoms with E-state index < -0.39 is 0 Å². The van der Waals surface area contributed by atoms with Crippen LogP contribution in [0.5, 0.6) is 0 Å². The van der Waals surface area contributed by atoms with Crippen LogP contribution in [0.3, 0.4) is 0 Å². The van der Waals surface area contributed by atoms with Crippen LogP contribution in [0.15, 0.2) is 174 Å². The second-order valence-corrected chi connectivity index (χ2v) is 14.0. The number of fused-ring (bicyclic) bond motifs is 8. The molecule has 0 saturated heterocycles. The van der Waals surface area contributed by atoms with Gasteiger partial charge in [0.25, 0.3) is 0 Å². The molecule has 8 aromatic rings. The number of hydrogen-bond donors (Lipinski definition) is 0. The lowest BCUT2D eigenvalue weighted by molar-refractivity contribution is 0.667.